The summed E-state index contributed by atoms with van der Waals surface area (Å²) in [5.41, 5.74) is 0. The highest BCUT2D eigenvalue weighted by atomic mass is 32.1. The Morgan fingerprint density at radius 2 is 2.44 bits per heavy atom. The van der Waals surface area contributed by atoms with Crippen LogP contribution in [0, 0.1) is 5.92 Å². The topological polar surface area (TPSA) is 32.3 Å². The number of carbonyl (C=O) groups excluding carboxylic acids is 1. The quantitative estimate of drug-likeness (QED) is 0.888. The number of hydrogen-bond acceptors (Lipinski definition) is 3. The van der Waals surface area contributed by atoms with E-state index in [0.717, 1.165) is 24.5 Å². The molecule has 0 bridgehead atoms. The molecule has 1 aromatic rings. The predicted molar refractivity (Wildman–Crippen MR) is 76.1 cm³/mol. The maximum atomic E-state index is 12.4. The first-order valence-electron chi connectivity index (χ1n) is 6.73. The SMILES string of the molecule is CC(C)CN(CC1CCCN1)C(=O)c1cccs1. The number of nitrogens with zero attached hydrogens (tertiary/aromatic N) is 1. The van der Waals surface area contributed by atoms with Gasteiger partial charge in [0.15, 0.2) is 0 Å². The first-order chi connectivity index (χ1) is 8.66. The van der Waals surface area contributed by atoms with Crippen LogP contribution in [-0.2, 0) is 0 Å². The maximum absolute atomic E-state index is 12.4. The van der Waals surface area contributed by atoms with Crippen molar-refractivity contribution in [3.63, 3.8) is 0 Å². The number of nitrogens with one attached hydrogen (secondary N) is 1. The molecule has 4 heteroatoms. The summed E-state index contributed by atoms with van der Waals surface area (Å²) in [4.78, 5) is 15.3. The van der Waals surface area contributed by atoms with Crippen molar-refractivity contribution in [2.75, 3.05) is 19.6 Å². The van der Waals surface area contributed by atoms with Crippen molar-refractivity contribution in [1.29, 1.82) is 0 Å². The van der Waals surface area contributed by atoms with Gasteiger partial charge in [-0.15, -0.1) is 11.3 Å². The van der Waals surface area contributed by atoms with Gasteiger partial charge in [0.2, 0.25) is 0 Å². The molecule has 100 valence electrons. The maximum Gasteiger partial charge on any atom is 0.263 e. The van der Waals surface area contributed by atoms with E-state index in [1.54, 1.807) is 0 Å². The number of hydrogen-bond donors (Lipinski definition) is 1. The average Bonchev–Trinajstić information content (AvgIpc) is 2.99. The molecular formula is C14H22N2OS. The number of amides is 1. The van der Waals surface area contributed by atoms with Crippen molar-refractivity contribution >= 4 is 17.2 Å². The van der Waals surface area contributed by atoms with E-state index >= 15 is 0 Å². The molecule has 3 nitrogen and oxygen atoms in total. The molecule has 0 aromatic carbocycles. The Morgan fingerprint density at radius 1 is 1.61 bits per heavy atom. The van der Waals surface area contributed by atoms with Gasteiger partial charge < -0.3 is 10.2 Å². The zero-order valence-corrected chi connectivity index (χ0v) is 12.0. The molecule has 0 spiro atoms. The molecule has 0 saturated carbocycles. The highest BCUT2D eigenvalue weighted by molar-refractivity contribution is 7.12. The Hall–Kier alpha value is -0.870. The van der Waals surface area contributed by atoms with Gasteiger partial charge in [-0.25, -0.2) is 0 Å². The summed E-state index contributed by atoms with van der Waals surface area (Å²) >= 11 is 1.53. The molecule has 1 aromatic heterocycles. The molecule has 1 atom stereocenters. The van der Waals surface area contributed by atoms with Gasteiger partial charge in [-0.3, -0.25) is 4.79 Å². The van der Waals surface area contributed by atoms with Gasteiger partial charge in [-0.2, -0.15) is 0 Å². The number of rotatable bonds is 5. The predicted octanol–water partition coefficient (Wildman–Crippen LogP) is 2.60. The van der Waals surface area contributed by atoms with E-state index in [2.05, 4.69) is 19.2 Å². The third-order valence-electron chi connectivity index (χ3n) is 3.21. The monoisotopic (exact) mass is 266 g/mol. The zero-order chi connectivity index (χ0) is 13.0. The summed E-state index contributed by atoms with van der Waals surface area (Å²) in [5, 5.41) is 5.44. The van der Waals surface area contributed by atoms with Crippen LogP contribution >= 0.6 is 11.3 Å². The fourth-order valence-corrected chi connectivity index (χ4v) is 3.11. The number of carbonyl (C=O) groups is 1. The van der Waals surface area contributed by atoms with Crippen LogP contribution in [0.5, 0.6) is 0 Å². The standard InChI is InChI=1S/C14H22N2OS/c1-11(2)9-16(10-12-5-3-7-15-12)14(17)13-6-4-8-18-13/h4,6,8,11-12,15H,3,5,7,9-10H2,1-2H3. The van der Waals surface area contributed by atoms with E-state index < -0.39 is 0 Å². The number of thiophene rings is 1. The van der Waals surface area contributed by atoms with Gasteiger partial charge in [0.25, 0.3) is 5.91 Å². The largest absolute Gasteiger partial charge is 0.336 e. The molecule has 0 aliphatic carbocycles. The molecule has 1 fully saturated rings. The highest BCUT2D eigenvalue weighted by Crippen LogP contribution is 2.15. The van der Waals surface area contributed by atoms with E-state index in [4.69, 9.17) is 0 Å². The zero-order valence-electron chi connectivity index (χ0n) is 11.2. The minimum absolute atomic E-state index is 0.187. The molecule has 1 N–H and O–H groups in total. The van der Waals surface area contributed by atoms with Crippen molar-refractivity contribution in [2.24, 2.45) is 5.92 Å². The average molecular weight is 266 g/mol. The van der Waals surface area contributed by atoms with Crippen LogP contribution in [0.4, 0.5) is 0 Å². The van der Waals surface area contributed by atoms with Crippen molar-refractivity contribution in [3.8, 4) is 0 Å². The van der Waals surface area contributed by atoms with Crippen molar-refractivity contribution in [3.05, 3.63) is 22.4 Å². The minimum atomic E-state index is 0.187. The second-order valence-corrected chi connectivity index (χ2v) is 6.32. The second-order valence-electron chi connectivity index (χ2n) is 5.37. The van der Waals surface area contributed by atoms with Crippen LogP contribution < -0.4 is 5.32 Å². The van der Waals surface area contributed by atoms with Gasteiger partial charge in [-0.1, -0.05) is 19.9 Å². The van der Waals surface area contributed by atoms with Crippen LogP contribution in [0.3, 0.4) is 0 Å². The van der Waals surface area contributed by atoms with Crippen LogP contribution in [0.25, 0.3) is 0 Å². The van der Waals surface area contributed by atoms with Gasteiger partial charge in [0, 0.05) is 19.1 Å². The molecule has 1 aliphatic rings. The van der Waals surface area contributed by atoms with E-state index in [1.807, 2.05) is 22.4 Å². The third-order valence-corrected chi connectivity index (χ3v) is 4.07. The van der Waals surface area contributed by atoms with Gasteiger partial charge >= 0.3 is 0 Å². The van der Waals surface area contributed by atoms with E-state index in [1.165, 1.54) is 24.2 Å². The molecule has 2 heterocycles. The van der Waals surface area contributed by atoms with Gasteiger partial charge in [0.1, 0.15) is 0 Å². The molecular weight excluding hydrogens is 244 g/mol. The van der Waals surface area contributed by atoms with E-state index in [9.17, 15) is 4.79 Å². The Kier molecular flexibility index (Phi) is 4.78. The van der Waals surface area contributed by atoms with Gasteiger partial charge in [-0.05, 0) is 36.8 Å². The first kappa shape index (κ1) is 13.6. The molecule has 1 saturated heterocycles. The van der Waals surface area contributed by atoms with Crippen molar-refractivity contribution < 1.29 is 4.79 Å². The van der Waals surface area contributed by atoms with Crippen LogP contribution in [-0.4, -0.2) is 36.5 Å². The summed E-state index contributed by atoms with van der Waals surface area (Å²) < 4.78 is 0. The fraction of sp³-hybridized carbons (Fsp3) is 0.643. The molecule has 1 unspecified atom stereocenters. The lowest BCUT2D eigenvalue weighted by Gasteiger charge is -2.27. The summed E-state index contributed by atoms with van der Waals surface area (Å²) in [6.45, 7) is 7.10. The molecule has 18 heavy (non-hydrogen) atoms. The lowest BCUT2D eigenvalue weighted by Crippen LogP contribution is -2.42. The van der Waals surface area contributed by atoms with Crippen LogP contribution in [0.2, 0.25) is 0 Å². The van der Waals surface area contributed by atoms with Crippen LogP contribution in [0.1, 0.15) is 36.4 Å². The Bertz CT molecular complexity index is 369. The molecule has 1 amide bonds. The fourth-order valence-electron chi connectivity index (χ4n) is 2.42. The normalized spacial score (nSPS) is 19.4. The molecule has 0 radical (unpaired) electrons. The van der Waals surface area contributed by atoms with Crippen molar-refractivity contribution in [1.82, 2.24) is 10.2 Å². The second kappa shape index (κ2) is 6.34. The Morgan fingerprint density at radius 3 is 3.00 bits per heavy atom. The molecule has 2 rings (SSSR count). The van der Waals surface area contributed by atoms with Crippen molar-refractivity contribution in [2.45, 2.75) is 32.7 Å². The Labute approximate surface area is 113 Å². The highest BCUT2D eigenvalue weighted by Gasteiger charge is 2.23. The van der Waals surface area contributed by atoms with Gasteiger partial charge in [0.05, 0.1) is 4.88 Å². The summed E-state index contributed by atoms with van der Waals surface area (Å²) in [6, 6.07) is 4.34. The third kappa shape index (κ3) is 3.56. The van der Waals surface area contributed by atoms with Crippen LogP contribution in [0.15, 0.2) is 17.5 Å². The smallest absolute Gasteiger partial charge is 0.263 e. The van der Waals surface area contributed by atoms with E-state index in [0.29, 0.717) is 12.0 Å². The molecule has 1 aliphatic heterocycles. The van der Waals surface area contributed by atoms with E-state index in [-0.39, 0.29) is 5.91 Å². The lowest BCUT2D eigenvalue weighted by molar-refractivity contribution is 0.0726. The Balaban J connectivity index is 2.01. The summed E-state index contributed by atoms with van der Waals surface area (Å²) in [6.07, 6.45) is 2.42. The summed E-state index contributed by atoms with van der Waals surface area (Å²) in [7, 11) is 0. The minimum Gasteiger partial charge on any atom is -0.336 e. The lowest BCUT2D eigenvalue weighted by atomic mass is 10.1. The summed E-state index contributed by atoms with van der Waals surface area (Å²) in [5.74, 6) is 0.697. The first-order valence-corrected chi connectivity index (χ1v) is 7.61.